The van der Waals surface area contributed by atoms with Gasteiger partial charge in [-0.15, -0.1) is 0 Å². The molecule has 0 fully saturated rings. The van der Waals surface area contributed by atoms with E-state index in [9.17, 15) is 13.2 Å². The fourth-order valence-electron chi connectivity index (χ4n) is 1.93. The van der Waals surface area contributed by atoms with Crippen molar-refractivity contribution < 1.29 is 22.1 Å². The molecule has 0 radical (unpaired) electrons. The second-order valence-corrected chi connectivity index (χ2v) is 7.01. The highest BCUT2D eigenvalue weighted by molar-refractivity contribution is 7.87. The average Bonchev–Trinajstić information content (AvgIpc) is 2.44. The van der Waals surface area contributed by atoms with E-state index < -0.39 is 10.1 Å². The number of hydrogen-bond donors (Lipinski definition) is 0. The molecule has 0 bridgehead atoms. The van der Waals surface area contributed by atoms with Crippen LogP contribution in [0.1, 0.15) is 33.3 Å². The van der Waals surface area contributed by atoms with Crippen LogP contribution in [-0.4, -0.2) is 38.1 Å². The van der Waals surface area contributed by atoms with Crippen LogP contribution in [0.3, 0.4) is 0 Å². The lowest BCUT2D eigenvalue weighted by atomic mass is 10.1. The number of amides is 1. The van der Waals surface area contributed by atoms with E-state index in [4.69, 9.17) is 8.92 Å². The summed E-state index contributed by atoms with van der Waals surface area (Å²) in [5, 5.41) is 0. The molecule has 0 aromatic heterocycles. The summed E-state index contributed by atoms with van der Waals surface area (Å²) in [5.74, 6) is 0.287. The van der Waals surface area contributed by atoms with Gasteiger partial charge >= 0.3 is 10.1 Å². The van der Waals surface area contributed by atoms with Gasteiger partial charge in [0.05, 0.1) is 12.9 Å². The minimum atomic E-state index is -3.64. The summed E-state index contributed by atoms with van der Waals surface area (Å²) in [6, 6.07) is 5.05. The zero-order valence-corrected chi connectivity index (χ0v) is 14.4. The highest BCUT2D eigenvalue weighted by atomic mass is 32.2. The fraction of sp³-hybridized carbons (Fsp3) is 0.533. The second kappa shape index (κ2) is 7.49. The second-order valence-electron chi connectivity index (χ2n) is 5.16. The van der Waals surface area contributed by atoms with Gasteiger partial charge in [-0.1, -0.05) is 6.07 Å². The van der Waals surface area contributed by atoms with Crippen LogP contribution in [0.2, 0.25) is 0 Å². The molecule has 1 rings (SSSR count). The first-order valence-corrected chi connectivity index (χ1v) is 8.64. The van der Waals surface area contributed by atoms with Crippen molar-refractivity contribution in [3.8, 4) is 11.5 Å². The topological polar surface area (TPSA) is 72.9 Å². The zero-order valence-electron chi connectivity index (χ0n) is 13.6. The molecule has 0 spiro atoms. The van der Waals surface area contributed by atoms with E-state index in [1.807, 2.05) is 13.8 Å². The number of carbonyl (C=O) groups excluding carboxylic acids is 1. The number of benzene rings is 1. The molecule has 0 unspecified atom stereocenters. The SMILES string of the molecule is CCS(=O)(=O)Oc1cc(CN(C(C)=O)C(C)C)ccc1OC. The van der Waals surface area contributed by atoms with Gasteiger partial charge in [0.25, 0.3) is 0 Å². The molecule has 124 valence electrons. The van der Waals surface area contributed by atoms with Gasteiger partial charge in [-0.2, -0.15) is 8.42 Å². The zero-order chi connectivity index (χ0) is 16.9. The Morgan fingerprint density at radius 3 is 2.36 bits per heavy atom. The third-order valence-electron chi connectivity index (χ3n) is 3.18. The van der Waals surface area contributed by atoms with Crippen molar-refractivity contribution in [3.05, 3.63) is 23.8 Å². The summed E-state index contributed by atoms with van der Waals surface area (Å²) in [6.07, 6.45) is 0. The summed E-state index contributed by atoms with van der Waals surface area (Å²) >= 11 is 0. The largest absolute Gasteiger partial charge is 0.493 e. The number of nitrogens with zero attached hydrogens (tertiary/aromatic N) is 1. The van der Waals surface area contributed by atoms with Crippen molar-refractivity contribution in [1.29, 1.82) is 0 Å². The van der Waals surface area contributed by atoms with Crippen LogP contribution in [0.5, 0.6) is 11.5 Å². The van der Waals surface area contributed by atoms with E-state index in [1.54, 1.807) is 23.1 Å². The van der Waals surface area contributed by atoms with Crippen molar-refractivity contribution in [2.45, 2.75) is 40.3 Å². The van der Waals surface area contributed by atoms with E-state index in [0.29, 0.717) is 12.3 Å². The predicted octanol–water partition coefficient (Wildman–Crippen LogP) is 2.18. The first kappa shape index (κ1) is 18.3. The fourth-order valence-corrected chi connectivity index (χ4v) is 2.46. The van der Waals surface area contributed by atoms with Crippen LogP contribution < -0.4 is 8.92 Å². The average molecular weight is 329 g/mol. The van der Waals surface area contributed by atoms with Gasteiger partial charge in [-0.05, 0) is 38.5 Å². The number of carbonyl (C=O) groups is 1. The van der Waals surface area contributed by atoms with E-state index in [1.165, 1.54) is 21.0 Å². The Balaban J connectivity index is 3.11. The molecule has 0 N–H and O–H groups in total. The molecule has 0 aliphatic rings. The molecule has 0 saturated heterocycles. The molecule has 7 heteroatoms. The van der Waals surface area contributed by atoms with Crippen LogP contribution in [0, 0.1) is 0 Å². The summed E-state index contributed by atoms with van der Waals surface area (Å²) < 4.78 is 33.5. The van der Waals surface area contributed by atoms with Crippen LogP contribution in [0.4, 0.5) is 0 Å². The van der Waals surface area contributed by atoms with Gasteiger partial charge < -0.3 is 13.8 Å². The Bertz CT molecular complexity index is 625. The van der Waals surface area contributed by atoms with Gasteiger partial charge in [0, 0.05) is 19.5 Å². The van der Waals surface area contributed by atoms with Crippen LogP contribution in [0.25, 0.3) is 0 Å². The first-order valence-electron chi connectivity index (χ1n) is 7.06. The highest BCUT2D eigenvalue weighted by Gasteiger charge is 2.17. The van der Waals surface area contributed by atoms with Gasteiger partial charge in [-0.3, -0.25) is 4.79 Å². The molecule has 6 nitrogen and oxygen atoms in total. The number of ether oxygens (including phenoxy) is 1. The lowest BCUT2D eigenvalue weighted by Gasteiger charge is -2.25. The van der Waals surface area contributed by atoms with Gasteiger partial charge in [-0.25, -0.2) is 0 Å². The molecule has 22 heavy (non-hydrogen) atoms. The molecule has 0 atom stereocenters. The minimum Gasteiger partial charge on any atom is -0.493 e. The summed E-state index contributed by atoms with van der Waals surface area (Å²) in [7, 11) is -2.20. The Kier molecular flexibility index (Phi) is 6.22. The molecule has 0 saturated carbocycles. The monoisotopic (exact) mass is 329 g/mol. The Hall–Kier alpha value is -1.76. The lowest BCUT2D eigenvalue weighted by Crippen LogP contribution is -2.34. The van der Waals surface area contributed by atoms with Crippen LogP contribution in [-0.2, 0) is 21.5 Å². The Morgan fingerprint density at radius 2 is 1.91 bits per heavy atom. The van der Waals surface area contributed by atoms with Gasteiger partial charge in [0.1, 0.15) is 0 Å². The Morgan fingerprint density at radius 1 is 1.27 bits per heavy atom. The van der Waals surface area contributed by atoms with Gasteiger partial charge in [0.15, 0.2) is 11.5 Å². The predicted molar refractivity (Wildman–Crippen MR) is 84.4 cm³/mol. The maximum atomic E-state index is 11.6. The van der Waals surface area contributed by atoms with Crippen LogP contribution >= 0.6 is 0 Å². The van der Waals surface area contributed by atoms with Crippen LogP contribution in [0.15, 0.2) is 18.2 Å². The number of rotatable bonds is 7. The summed E-state index contributed by atoms with van der Waals surface area (Å²) in [4.78, 5) is 13.3. The maximum Gasteiger partial charge on any atom is 0.309 e. The quantitative estimate of drug-likeness (QED) is 0.717. The van der Waals surface area contributed by atoms with Crippen molar-refractivity contribution in [2.75, 3.05) is 12.9 Å². The van der Waals surface area contributed by atoms with Crippen molar-refractivity contribution in [1.82, 2.24) is 4.90 Å². The number of hydrogen-bond acceptors (Lipinski definition) is 5. The third-order valence-corrected chi connectivity index (χ3v) is 4.32. The summed E-state index contributed by atoms with van der Waals surface area (Å²) in [5.41, 5.74) is 0.769. The van der Waals surface area contributed by atoms with E-state index >= 15 is 0 Å². The number of methoxy groups -OCH3 is 1. The molecule has 1 aromatic rings. The summed E-state index contributed by atoms with van der Waals surface area (Å²) in [6.45, 7) is 7.22. The molecule has 0 aliphatic heterocycles. The standard InChI is InChI=1S/C15H23NO5S/c1-6-22(18,19)21-15-9-13(7-8-14(15)20-5)10-16(11(2)3)12(4)17/h7-9,11H,6,10H2,1-5H3. The third kappa shape index (κ3) is 4.91. The van der Waals surface area contributed by atoms with Gasteiger partial charge in [0.2, 0.25) is 5.91 Å². The smallest absolute Gasteiger partial charge is 0.309 e. The molecule has 0 heterocycles. The van der Waals surface area contributed by atoms with E-state index in [0.717, 1.165) is 5.56 Å². The van der Waals surface area contributed by atoms with Crippen molar-refractivity contribution >= 4 is 16.0 Å². The molecular weight excluding hydrogens is 306 g/mol. The maximum absolute atomic E-state index is 11.6. The molecular formula is C15H23NO5S. The highest BCUT2D eigenvalue weighted by Crippen LogP contribution is 2.30. The molecule has 0 aliphatic carbocycles. The normalized spacial score (nSPS) is 11.4. The molecule has 1 amide bonds. The van der Waals surface area contributed by atoms with Crippen molar-refractivity contribution in [3.63, 3.8) is 0 Å². The molecule has 1 aromatic carbocycles. The first-order chi connectivity index (χ1) is 10.2. The lowest BCUT2D eigenvalue weighted by molar-refractivity contribution is -0.131. The van der Waals surface area contributed by atoms with Crippen molar-refractivity contribution in [2.24, 2.45) is 0 Å². The minimum absolute atomic E-state index is 0.0448. The van der Waals surface area contributed by atoms with E-state index in [-0.39, 0.29) is 23.5 Å². The Labute approximate surface area is 132 Å². The van der Waals surface area contributed by atoms with E-state index in [2.05, 4.69) is 0 Å².